The molecule has 1 N–H and O–H groups in total. The van der Waals surface area contributed by atoms with E-state index in [9.17, 15) is 0 Å². The van der Waals surface area contributed by atoms with Crippen LogP contribution in [0.2, 0.25) is 0 Å². The first kappa shape index (κ1) is 15.7. The van der Waals surface area contributed by atoms with Gasteiger partial charge in [-0.1, -0.05) is 13.8 Å². The number of methoxy groups -OCH3 is 1. The summed E-state index contributed by atoms with van der Waals surface area (Å²) in [6.45, 7) is 9.94. The number of nitrogens with one attached hydrogen (secondary N) is 1. The molecule has 1 heterocycles. The maximum absolute atomic E-state index is 5.54. The van der Waals surface area contributed by atoms with Crippen LogP contribution in [-0.4, -0.2) is 36.3 Å². The number of rotatable bonds is 8. The predicted molar refractivity (Wildman–Crippen MR) is 76.6 cm³/mol. The fourth-order valence-corrected chi connectivity index (χ4v) is 1.54. The third-order valence-corrected chi connectivity index (χ3v) is 2.73. The number of aromatic nitrogens is 2. The van der Waals surface area contributed by atoms with Gasteiger partial charge in [0.1, 0.15) is 12.1 Å². The molecule has 0 bridgehead atoms. The third-order valence-electron chi connectivity index (χ3n) is 2.73. The van der Waals surface area contributed by atoms with Gasteiger partial charge in [0.05, 0.1) is 6.10 Å². The lowest BCUT2D eigenvalue weighted by molar-refractivity contribution is 0.157. The van der Waals surface area contributed by atoms with Crippen molar-refractivity contribution in [1.82, 2.24) is 9.97 Å². The molecule has 1 aromatic heterocycles. The van der Waals surface area contributed by atoms with Crippen LogP contribution in [0.15, 0.2) is 12.4 Å². The highest BCUT2D eigenvalue weighted by Crippen LogP contribution is 2.21. The Labute approximate surface area is 115 Å². The second kappa shape index (κ2) is 7.28. The first-order valence-corrected chi connectivity index (χ1v) is 6.64. The SMILES string of the molecule is COCCC(C)(C)CNc1cc(OC(C)C)ncn1. The van der Waals surface area contributed by atoms with Gasteiger partial charge < -0.3 is 14.8 Å². The van der Waals surface area contributed by atoms with Gasteiger partial charge in [0.25, 0.3) is 0 Å². The summed E-state index contributed by atoms with van der Waals surface area (Å²) >= 11 is 0. The molecular formula is C14H25N3O2. The minimum Gasteiger partial charge on any atom is -0.475 e. The second-order valence-electron chi connectivity index (χ2n) is 5.67. The quantitative estimate of drug-likeness (QED) is 0.785. The van der Waals surface area contributed by atoms with E-state index in [1.807, 2.05) is 19.9 Å². The highest BCUT2D eigenvalue weighted by Gasteiger charge is 2.17. The van der Waals surface area contributed by atoms with E-state index in [1.165, 1.54) is 6.33 Å². The Morgan fingerprint density at radius 2 is 2.05 bits per heavy atom. The molecule has 0 saturated carbocycles. The first-order valence-electron chi connectivity index (χ1n) is 6.64. The van der Waals surface area contributed by atoms with Gasteiger partial charge in [-0.15, -0.1) is 0 Å². The summed E-state index contributed by atoms with van der Waals surface area (Å²) in [7, 11) is 1.73. The van der Waals surface area contributed by atoms with E-state index >= 15 is 0 Å². The van der Waals surface area contributed by atoms with Crippen LogP contribution in [0.1, 0.15) is 34.1 Å². The van der Waals surface area contributed by atoms with Crippen LogP contribution in [0.5, 0.6) is 5.88 Å². The van der Waals surface area contributed by atoms with E-state index in [-0.39, 0.29) is 11.5 Å². The van der Waals surface area contributed by atoms with Crippen LogP contribution in [-0.2, 0) is 4.74 Å². The van der Waals surface area contributed by atoms with Gasteiger partial charge in [-0.25, -0.2) is 9.97 Å². The molecule has 0 aliphatic heterocycles. The zero-order valence-corrected chi connectivity index (χ0v) is 12.6. The smallest absolute Gasteiger partial charge is 0.218 e. The van der Waals surface area contributed by atoms with Crippen molar-refractivity contribution in [3.05, 3.63) is 12.4 Å². The predicted octanol–water partition coefficient (Wildman–Crippen LogP) is 2.74. The molecule has 0 aliphatic rings. The lowest BCUT2D eigenvalue weighted by Crippen LogP contribution is -2.25. The topological polar surface area (TPSA) is 56.3 Å². The molecule has 0 amide bonds. The number of nitrogens with zero attached hydrogens (tertiary/aromatic N) is 2. The molecule has 1 aromatic rings. The van der Waals surface area contributed by atoms with Crippen LogP contribution in [0.3, 0.4) is 0 Å². The van der Waals surface area contributed by atoms with Crippen molar-refractivity contribution >= 4 is 5.82 Å². The minimum absolute atomic E-state index is 0.112. The van der Waals surface area contributed by atoms with E-state index in [4.69, 9.17) is 9.47 Å². The van der Waals surface area contributed by atoms with Crippen LogP contribution < -0.4 is 10.1 Å². The van der Waals surface area contributed by atoms with Gasteiger partial charge in [-0.2, -0.15) is 0 Å². The van der Waals surface area contributed by atoms with E-state index < -0.39 is 0 Å². The van der Waals surface area contributed by atoms with Gasteiger partial charge >= 0.3 is 0 Å². The Morgan fingerprint density at radius 1 is 1.32 bits per heavy atom. The summed E-state index contributed by atoms with van der Waals surface area (Å²) in [5, 5.41) is 3.32. The van der Waals surface area contributed by atoms with Crippen molar-refractivity contribution in [2.24, 2.45) is 5.41 Å². The first-order chi connectivity index (χ1) is 8.93. The Bertz CT molecular complexity index is 381. The molecule has 0 spiro atoms. The number of hydrogen-bond acceptors (Lipinski definition) is 5. The van der Waals surface area contributed by atoms with E-state index in [0.29, 0.717) is 5.88 Å². The summed E-state index contributed by atoms with van der Waals surface area (Å²) in [6, 6.07) is 1.83. The molecule has 0 unspecified atom stereocenters. The fourth-order valence-electron chi connectivity index (χ4n) is 1.54. The van der Waals surface area contributed by atoms with Crippen LogP contribution in [0.25, 0.3) is 0 Å². The summed E-state index contributed by atoms with van der Waals surface area (Å²) in [6.07, 6.45) is 2.62. The molecular weight excluding hydrogens is 242 g/mol. The highest BCUT2D eigenvalue weighted by atomic mass is 16.5. The van der Waals surface area contributed by atoms with Gasteiger partial charge in [0, 0.05) is 26.3 Å². The summed E-state index contributed by atoms with van der Waals surface area (Å²) in [4.78, 5) is 8.28. The van der Waals surface area contributed by atoms with Crippen molar-refractivity contribution in [3.8, 4) is 5.88 Å². The van der Waals surface area contributed by atoms with E-state index in [1.54, 1.807) is 7.11 Å². The molecule has 1 rings (SSSR count). The Kier molecular flexibility index (Phi) is 6.02. The van der Waals surface area contributed by atoms with Crippen molar-refractivity contribution in [2.75, 3.05) is 25.6 Å². The fraction of sp³-hybridized carbons (Fsp3) is 0.714. The molecule has 0 aliphatic carbocycles. The third kappa shape index (κ3) is 6.38. The minimum atomic E-state index is 0.112. The molecule has 5 heteroatoms. The Hall–Kier alpha value is -1.36. The molecule has 0 fully saturated rings. The van der Waals surface area contributed by atoms with Gasteiger partial charge in [-0.3, -0.25) is 0 Å². The summed E-state index contributed by atoms with van der Waals surface area (Å²) in [5.41, 5.74) is 0.153. The summed E-state index contributed by atoms with van der Waals surface area (Å²) < 4.78 is 10.7. The van der Waals surface area contributed by atoms with Crippen molar-refractivity contribution in [2.45, 2.75) is 40.2 Å². The van der Waals surface area contributed by atoms with Gasteiger partial charge in [0.2, 0.25) is 5.88 Å². The molecule has 0 atom stereocenters. The average Bonchev–Trinajstić information content (AvgIpc) is 2.34. The Morgan fingerprint density at radius 3 is 2.68 bits per heavy atom. The average molecular weight is 267 g/mol. The monoisotopic (exact) mass is 267 g/mol. The molecule has 0 aromatic carbocycles. The molecule has 19 heavy (non-hydrogen) atoms. The van der Waals surface area contributed by atoms with Crippen LogP contribution in [0, 0.1) is 5.41 Å². The van der Waals surface area contributed by atoms with Crippen LogP contribution in [0.4, 0.5) is 5.82 Å². The van der Waals surface area contributed by atoms with Gasteiger partial charge in [-0.05, 0) is 25.7 Å². The highest BCUT2D eigenvalue weighted by molar-refractivity contribution is 5.37. The molecule has 0 saturated heterocycles. The Balaban J connectivity index is 2.52. The van der Waals surface area contributed by atoms with Crippen molar-refractivity contribution in [1.29, 1.82) is 0 Å². The molecule has 108 valence electrons. The van der Waals surface area contributed by atoms with Crippen molar-refractivity contribution in [3.63, 3.8) is 0 Å². The zero-order valence-electron chi connectivity index (χ0n) is 12.6. The van der Waals surface area contributed by atoms with Crippen molar-refractivity contribution < 1.29 is 9.47 Å². The van der Waals surface area contributed by atoms with Gasteiger partial charge in [0.15, 0.2) is 0 Å². The lowest BCUT2D eigenvalue weighted by Gasteiger charge is -2.24. The second-order valence-corrected chi connectivity index (χ2v) is 5.67. The maximum Gasteiger partial charge on any atom is 0.218 e. The number of hydrogen-bond donors (Lipinski definition) is 1. The van der Waals surface area contributed by atoms with E-state index in [0.717, 1.165) is 25.4 Å². The maximum atomic E-state index is 5.54. The summed E-state index contributed by atoms with van der Waals surface area (Å²) in [5.74, 6) is 1.39. The zero-order chi connectivity index (χ0) is 14.3. The normalized spacial score (nSPS) is 11.7. The standard InChI is InChI=1S/C14H25N3O2/c1-11(2)19-13-8-12(16-10-17-13)15-9-14(3,4)6-7-18-5/h8,10-11H,6-7,9H2,1-5H3,(H,15,16,17). The molecule has 0 radical (unpaired) electrons. The molecule has 5 nitrogen and oxygen atoms in total. The van der Waals surface area contributed by atoms with E-state index in [2.05, 4.69) is 29.1 Å². The largest absolute Gasteiger partial charge is 0.475 e. The lowest BCUT2D eigenvalue weighted by atomic mass is 9.90. The van der Waals surface area contributed by atoms with Crippen LogP contribution >= 0.6 is 0 Å². The number of anilines is 1. The number of ether oxygens (including phenoxy) is 2.